The molecule has 0 N–H and O–H groups in total. The highest BCUT2D eigenvalue weighted by Crippen LogP contribution is 2.24. The first-order chi connectivity index (χ1) is 14.9. The summed E-state index contributed by atoms with van der Waals surface area (Å²) in [6, 6.07) is 11.8. The smallest absolute Gasteiger partial charge is 0.259 e. The summed E-state index contributed by atoms with van der Waals surface area (Å²) in [5, 5.41) is 0.515. The normalized spacial score (nSPS) is 14.2. The highest BCUT2D eigenvalue weighted by molar-refractivity contribution is 5.97. The molecule has 2 heterocycles. The maximum absolute atomic E-state index is 13.3. The summed E-state index contributed by atoms with van der Waals surface area (Å²) >= 11 is 0. The van der Waals surface area contributed by atoms with Gasteiger partial charge in [-0.25, -0.2) is 0 Å². The largest absolute Gasteiger partial charge is 0.497 e. The second kappa shape index (κ2) is 8.46. The average molecular weight is 420 g/mol. The molecular weight excluding hydrogens is 390 g/mol. The van der Waals surface area contributed by atoms with Crippen LogP contribution in [0.1, 0.15) is 28.4 Å². The second-order valence-electron chi connectivity index (χ2n) is 8.04. The van der Waals surface area contributed by atoms with Crippen molar-refractivity contribution in [3.63, 3.8) is 0 Å². The lowest BCUT2D eigenvalue weighted by Gasteiger charge is -2.37. The number of carbonyl (C=O) groups excluding carboxylic acids is 1. The maximum atomic E-state index is 13.3. The fourth-order valence-corrected chi connectivity index (χ4v) is 4.32. The number of amides is 1. The Hall–Kier alpha value is -3.28. The molecule has 1 fully saturated rings. The van der Waals surface area contributed by atoms with Crippen molar-refractivity contribution in [1.82, 2.24) is 9.47 Å². The van der Waals surface area contributed by atoms with Gasteiger partial charge in [-0.1, -0.05) is 12.1 Å². The van der Waals surface area contributed by atoms with E-state index in [2.05, 4.69) is 36.9 Å². The van der Waals surface area contributed by atoms with Crippen LogP contribution >= 0.6 is 0 Å². The predicted octanol–water partition coefficient (Wildman–Crippen LogP) is 3.61. The van der Waals surface area contributed by atoms with Crippen molar-refractivity contribution in [2.24, 2.45) is 0 Å². The zero-order valence-corrected chi connectivity index (χ0v) is 18.6. The monoisotopic (exact) mass is 419 g/mol. The predicted molar refractivity (Wildman–Crippen MR) is 124 cm³/mol. The van der Waals surface area contributed by atoms with Crippen molar-refractivity contribution in [3.8, 4) is 5.75 Å². The Kier molecular flexibility index (Phi) is 5.72. The van der Waals surface area contributed by atoms with Crippen LogP contribution in [0, 0.1) is 13.8 Å². The van der Waals surface area contributed by atoms with Gasteiger partial charge >= 0.3 is 0 Å². The fourth-order valence-electron chi connectivity index (χ4n) is 4.32. The van der Waals surface area contributed by atoms with Gasteiger partial charge in [0, 0.05) is 44.6 Å². The van der Waals surface area contributed by atoms with Crippen molar-refractivity contribution < 1.29 is 9.53 Å². The Bertz CT molecular complexity index is 1190. The molecule has 6 heteroatoms. The van der Waals surface area contributed by atoms with Crippen LogP contribution < -0.4 is 15.1 Å². The zero-order valence-electron chi connectivity index (χ0n) is 18.6. The van der Waals surface area contributed by atoms with Gasteiger partial charge in [0.25, 0.3) is 5.91 Å². The Morgan fingerprint density at radius 2 is 1.81 bits per heavy atom. The van der Waals surface area contributed by atoms with Crippen LogP contribution in [0.15, 0.2) is 47.4 Å². The molecule has 1 amide bonds. The number of aromatic nitrogens is 1. The molecule has 1 aromatic heterocycles. The van der Waals surface area contributed by atoms with Gasteiger partial charge in [-0.2, -0.15) is 0 Å². The van der Waals surface area contributed by atoms with E-state index in [1.165, 1.54) is 16.8 Å². The number of ether oxygens (including phenoxy) is 1. The molecule has 31 heavy (non-hydrogen) atoms. The molecule has 0 radical (unpaired) electrons. The number of carbonyl (C=O) groups is 1. The van der Waals surface area contributed by atoms with Crippen LogP contribution in [0.5, 0.6) is 5.75 Å². The summed E-state index contributed by atoms with van der Waals surface area (Å²) in [6.45, 7) is 9.61. The van der Waals surface area contributed by atoms with E-state index < -0.39 is 0 Å². The fraction of sp³-hybridized carbons (Fsp3) is 0.360. The number of fused-ring (bicyclic) bond motifs is 1. The third-order valence-corrected chi connectivity index (χ3v) is 6.34. The highest BCUT2D eigenvalue weighted by Gasteiger charge is 2.26. The van der Waals surface area contributed by atoms with E-state index >= 15 is 0 Å². The molecule has 162 valence electrons. The van der Waals surface area contributed by atoms with Gasteiger partial charge in [0.2, 0.25) is 5.43 Å². The molecule has 1 saturated heterocycles. The number of rotatable bonds is 4. The molecule has 3 aromatic rings. The van der Waals surface area contributed by atoms with Crippen LogP contribution in [0.3, 0.4) is 0 Å². The third-order valence-electron chi connectivity index (χ3n) is 6.34. The summed E-state index contributed by atoms with van der Waals surface area (Å²) in [5.41, 5.74) is 4.56. The Morgan fingerprint density at radius 3 is 2.48 bits per heavy atom. The maximum Gasteiger partial charge on any atom is 0.259 e. The molecule has 0 saturated carbocycles. The standard InChI is InChI=1S/C25H29N3O3/c1-5-26-16-21(24(29)20-15-19(31-4)9-10-23(20)26)25(30)28-13-11-27(12-14-28)22-8-6-7-17(2)18(22)3/h6-10,15-16H,5,11-14H2,1-4H3. The van der Waals surface area contributed by atoms with Gasteiger partial charge in [0.1, 0.15) is 11.3 Å². The van der Waals surface area contributed by atoms with Crippen LogP contribution in [-0.4, -0.2) is 48.7 Å². The number of pyridine rings is 1. The third kappa shape index (κ3) is 3.78. The van der Waals surface area contributed by atoms with Crippen molar-refractivity contribution in [2.45, 2.75) is 27.3 Å². The molecule has 1 aliphatic rings. The van der Waals surface area contributed by atoms with Gasteiger partial charge in [0.05, 0.1) is 18.0 Å². The van der Waals surface area contributed by atoms with E-state index in [9.17, 15) is 9.59 Å². The van der Waals surface area contributed by atoms with Crippen molar-refractivity contribution in [1.29, 1.82) is 0 Å². The second-order valence-corrected chi connectivity index (χ2v) is 8.04. The summed E-state index contributed by atoms with van der Waals surface area (Å²) in [7, 11) is 1.57. The van der Waals surface area contributed by atoms with E-state index in [1.807, 2.05) is 23.6 Å². The number of nitrogens with zero attached hydrogens (tertiary/aromatic N) is 3. The molecule has 0 aliphatic carbocycles. The zero-order chi connectivity index (χ0) is 22.1. The lowest BCUT2D eigenvalue weighted by Crippen LogP contribution is -2.49. The van der Waals surface area contributed by atoms with Gasteiger partial charge in [-0.3, -0.25) is 9.59 Å². The molecule has 0 atom stereocenters. The van der Waals surface area contributed by atoms with Gasteiger partial charge < -0.3 is 19.1 Å². The number of anilines is 1. The minimum absolute atomic E-state index is 0.197. The molecule has 6 nitrogen and oxygen atoms in total. The number of aryl methyl sites for hydroxylation is 2. The quantitative estimate of drug-likeness (QED) is 0.648. The molecule has 1 aliphatic heterocycles. The number of methoxy groups -OCH3 is 1. The van der Waals surface area contributed by atoms with Crippen LogP contribution in [0.2, 0.25) is 0 Å². The Morgan fingerprint density at radius 1 is 1.06 bits per heavy atom. The first kappa shape index (κ1) is 21.0. The molecule has 2 aromatic carbocycles. The van der Waals surface area contributed by atoms with Crippen LogP contribution in [0.25, 0.3) is 10.9 Å². The van der Waals surface area contributed by atoms with Crippen molar-refractivity contribution in [2.75, 3.05) is 38.2 Å². The minimum Gasteiger partial charge on any atom is -0.497 e. The summed E-state index contributed by atoms with van der Waals surface area (Å²) in [5.74, 6) is 0.413. The van der Waals surface area contributed by atoms with Crippen molar-refractivity contribution >= 4 is 22.5 Å². The molecule has 4 rings (SSSR count). The number of hydrogen-bond donors (Lipinski definition) is 0. The van der Waals surface area contributed by atoms with E-state index in [1.54, 1.807) is 24.3 Å². The lowest BCUT2D eigenvalue weighted by atomic mass is 10.1. The SMILES string of the molecule is CCn1cc(C(=O)N2CCN(c3cccc(C)c3C)CC2)c(=O)c2cc(OC)ccc21. The first-order valence-electron chi connectivity index (χ1n) is 10.8. The first-order valence-corrected chi connectivity index (χ1v) is 10.8. The average Bonchev–Trinajstić information content (AvgIpc) is 2.80. The Balaban J connectivity index is 1.61. The Labute approximate surface area is 182 Å². The molecule has 0 spiro atoms. The van der Waals surface area contributed by atoms with Gasteiger partial charge in [-0.05, 0) is 56.2 Å². The van der Waals surface area contributed by atoms with Gasteiger partial charge in [0.15, 0.2) is 0 Å². The summed E-state index contributed by atoms with van der Waals surface area (Å²) < 4.78 is 7.24. The highest BCUT2D eigenvalue weighted by atomic mass is 16.5. The van der Waals surface area contributed by atoms with E-state index in [4.69, 9.17) is 4.74 Å². The van der Waals surface area contributed by atoms with Crippen LogP contribution in [0.4, 0.5) is 5.69 Å². The van der Waals surface area contributed by atoms with Crippen LogP contribution in [-0.2, 0) is 6.54 Å². The minimum atomic E-state index is -0.236. The van der Waals surface area contributed by atoms with E-state index in [0.29, 0.717) is 30.8 Å². The van der Waals surface area contributed by atoms with Gasteiger partial charge in [-0.15, -0.1) is 0 Å². The summed E-state index contributed by atoms with van der Waals surface area (Å²) in [6.07, 6.45) is 1.70. The van der Waals surface area contributed by atoms with Crippen molar-refractivity contribution in [3.05, 3.63) is 69.5 Å². The van der Waals surface area contributed by atoms with E-state index in [0.717, 1.165) is 18.6 Å². The molecule has 0 unspecified atom stereocenters. The molecule has 0 bridgehead atoms. The molecular formula is C25H29N3O3. The lowest BCUT2D eigenvalue weighted by molar-refractivity contribution is 0.0745. The number of hydrogen-bond acceptors (Lipinski definition) is 4. The summed E-state index contributed by atoms with van der Waals surface area (Å²) in [4.78, 5) is 30.6. The number of benzene rings is 2. The van der Waals surface area contributed by atoms with E-state index in [-0.39, 0.29) is 16.9 Å². The topological polar surface area (TPSA) is 54.8 Å². The number of piperazine rings is 1.